The topological polar surface area (TPSA) is 205 Å². The Bertz CT molecular complexity index is 1620. The van der Waals surface area contributed by atoms with Crippen LogP contribution in [0.5, 0.6) is 5.75 Å². The zero-order valence-electron chi connectivity index (χ0n) is 29.5. The second kappa shape index (κ2) is 20.8. The molecule has 1 aliphatic carbocycles. The van der Waals surface area contributed by atoms with Crippen LogP contribution in [0.15, 0.2) is 30.6 Å². The number of benzene rings is 1. The Labute approximate surface area is 297 Å². The molecule has 1 saturated carbocycles. The number of carbonyl (C=O) groups excluding carboxylic acids is 1. The highest BCUT2D eigenvalue weighted by atomic mass is 16.6. The van der Waals surface area contributed by atoms with E-state index in [0.717, 1.165) is 53.9 Å². The van der Waals surface area contributed by atoms with E-state index in [4.69, 9.17) is 49.6 Å². The highest BCUT2D eigenvalue weighted by molar-refractivity contribution is 5.93. The molecule has 0 bridgehead atoms. The zero-order chi connectivity index (χ0) is 35.7. The van der Waals surface area contributed by atoms with Gasteiger partial charge in [0.25, 0.3) is 0 Å². The third-order valence-electron chi connectivity index (χ3n) is 8.71. The molecule has 16 nitrogen and oxygen atoms in total. The number of aromatic amines is 1. The number of imidazole rings is 1. The second-order valence-corrected chi connectivity index (χ2v) is 12.1. The maximum atomic E-state index is 12.9. The minimum absolute atomic E-state index is 0.0541. The number of H-pyrrole nitrogens is 1. The second-order valence-electron chi connectivity index (χ2n) is 12.1. The number of hydrogen-bond acceptors (Lipinski definition) is 13. The Kier molecular flexibility index (Phi) is 15.7. The third kappa shape index (κ3) is 11.0. The van der Waals surface area contributed by atoms with Gasteiger partial charge in [0.15, 0.2) is 5.82 Å². The summed E-state index contributed by atoms with van der Waals surface area (Å²) >= 11 is 0. The SMILES string of the molecule is COc1cccc2cc(-c3nc(C4CCC(C(=O)NCCOCCOCCOCCOCCOCCOCCN)CC4)n4ncnc(N)c34)[nH]c12. The molecule has 1 fully saturated rings. The highest BCUT2D eigenvalue weighted by Gasteiger charge is 2.31. The van der Waals surface area contributed by atoms with Crippen LogP contribution in [0.2, 0.25) is 0 Å². The molecule has 0 aliphatic heterocycles. The van der Waals surface area contributed by atoms with Gasteiger partial charge >= 0.3 is 0 Å². The summed E-state index contributed by atoms with van der Waals surface area (Å²) < 4.78 is 40.1. The number of para-hydroxylation sites is 1. The lowest BCUT2D eigenvalue weighted by molar-refractivity contribution is -0.126. The van der Waals surface area contributed by atoms with Crippen molar-refractivity contribution in [2.45, 2.75) is 31.6 Å². The fourth-order valence-electron chi connectivity index (χ4n) is 6.14. The van der Waals surface area contributed by atoms with Crippen molar-refractivity contribution in [2.75, 3.05) is 105 Å². The van der Waals surface area contributed by atoms with Gasteiger partial charge in [0.05, 0.1) is 97.6 Å². The fraction of sp³-hybridized carbons (Fsp3) is 0.600. The van der Waals surface area contributed by atoms with E-state index < -0.39 is 0 Å². The molecule has 0 saturated heterocycles. The minimum atomic E-state index is -0.0541. The van der Waals surface area contributed by atoms with E-state index >= 15 is 0 Å². The summed E-state index contributed by atoms with van der Waals surface area (Å²) in [5.41, 5.74) is 14.8. The summed E-state index contributed by atoms with van der Waals surface area (Å²) in [7, 11) is 1.65. The lowest BCUT2D eigenvalue weighted by Crippen LogP contribution is -2.35. The number of amides is 1. The van der Waals surface area contributed by atoms with Crippen LogP contribution in [0.3, 0.4) is 0 Å². The third-order valence-corrected chi connectivity index (χ3v) is 8.71. The molecule has 1 aromatic carbocycles. The first kappa shape index (κ1) is 38.3. The quantitative estimate of drug-likeness (QED) is 0.0771. The lowest BCUT2D eigenvalue weighted by Gasteiger charge is -2.26. The van der Waals surface area contributed by atoms with Crippen LogP contribution in [0.1, 0.15) is 37.4 Å². The van der Waals surface area contributed by atoms with E-state index in [2.05, 4.69) is 20.4 Å². The van der Waals surface area contributed by atoms with Gasteiger partial charge < -0.3 is 54.9 Å². The first-order valence-electron chi connectivity index (χ1n) is 17.7. The van der Waals surface area contributed by atoms with Crippen LogP contribution in [0, 0.1) is 5.92 Å². The number of aromatic nitrogens is 5. The van der Waals surface area contributed by atoms with E-state index in [1.807, 2.05) is 24.3 Å². The van der Waals surface area contributed by atoms with Crippen molar-refractivity contribution in [3.8, 4) is 17.1 Å². The van der Waals surface area contributed by atoms with Crippen LogP contribution >= 0.6 is 0 Å². The highest BCUT2D eigenvalue weighted by Crippen LogP contribution is 2.39. The normalized spacial score (nSPS) is 16.3. The summed E-state index contributed by atoms with van der Waals surface area (Å²) in [5, 5.41) is 8.55. The Hall–Kier alpha value is -3.90. The molecule has 3 heterocycles. The number of nitrogen functional groups attached to an aromatic ring is 1. The van der Waals surface area contributed by atoms with Crippen LogP contribution < -0.4 is 21.5 Å². The molecule has 0 unspecified atom stereocenters. The number of ether oxygens (including phenoxy) is 7. The summed E-state index contributed by atoms with van der Waals surface area (Å²) in [5.74, 6) is 2.07. The number of hydrogen-bond donors (Lipinski definition) is 4. The number of nitrogens with one attached hydrogen (secondary N) is 2. The fourth-order valence-corrected chi connectivity index (χ4v) is 6.14. The number of anilines is 1. The van der Waals surface area contributed by atoms with Gasteiger partial charge in [0.2, 0.25) is 5.91 Å². The molecule has 3 aromatic heterocycles. The molecule has 280 valence electrons. The number of methoxy groups -OCH3 is 1. The van der Waals surface area contributed by atoms with Gasteiger partial charge in [-0.15, -0.1) is 0 Å². The van der Waals surface area contributed by atoms with Crippen LogP contribution in [0.4, 0.5) is 5.82 Å². The Balaban J connectivity index is 0.935. The smallest absolute Gasteiger partial charge is 0.223 e. The first-order valence-corrected chi connectivity index (χ1v) is 17.7. The molecule has 1 amide bonds. The lowest BCUT2D eigenvalue weighted by atomic mass is 9.81. The molecule has 0 radical (unpaired) electrons. The van der Waals surface area contributed by atoms with Crippen molar-refractivity contribution in [3.63, 3.8) is 0 Å². The Morgan fingerprint density at radius 3 is 2.10 bits per heavy atom. The molecule has 0 spiro atoms. The van der Waals surface area contributed by atoms with Gasteiger partial charge in [-0.2, -0.15) is 5.10 Å². The van der Waals surface area contributed by atoms with Gasteiger partial charge in [-0.3, -0.25) is 4.79 Å². The summed E-state index contributed by atoms with van der Waals surface area (Å²) in [6.45, 7) is 6.89. The van der Waals surface area contributed by atoms with Crippen LogP contribution in [-0.2, 0) is 33.2 Å². The van der Waals surface area contributed by atoms with E-state index in [1.165, 1.54) is 6.33 Å². The van der Waals surface area contributed by atoms with Crippen molar-refractivity contribution in [1.82, 2.24) is 29.9 Å². The van der Waals surface area contributed by atoms with E-state index in [1.54, 1.807) is 11.6 Å². The molecular weight excluding hydrogens is 660 g/mol. The first-order chi connectivity index (χ1) is 25.1. The summed E-state index contributed by atoms with van der Waals surface area (Å²) in [6.07, 6.45) is 4.60. The van der Waals surface area contributed by atoms with Gasteiger partial charge in [0.1, 0.15) is 29.1 Å². The van der Waals surface area contributed by atoms with Gasteiger partial charge in [-0.05, 0) is 37.8 Å². The molecule has 4 aromatic rings. The number of nitrogens with two attached hydrogens (primary N) is 2. The Morgan fingerprint density at radius 1 is 0.882 bits per heavy atom. The van der Waals surface area contributed by atoms with Gasteiger partial charge in [-0.25, -0.2) is 14.5 Å². The predicted molar refractivity (Wildman–Crippen MR) is 191 cm³/mol. The minimum Gasteiger partial charge on any atom is -0.495 e. The maximum absolute atomic E-state index is 12.9. The monoisotopic (exact) mass is 712 g/mol. The van der Waals surface area contributed by atoms with E-state index in [9.17, 15) is 4.79 Å². The molecule has 16 heteroatoms. The predicted octanol–water partition coefficient (Wildman–Crippen LogP) is 2.31. The van der Waals surface area contributed by atoms with Crippen molar-refractivity contribution in [3.05, 3.63) is 36.4 Å². The van der Waals surface area contributed by atoms with Crippen molar-refractivity contribution < 1.29 is 38.0 Å². The van der Waals surface area contributed by atoms with Crippen molar-refractivity contribution in [1.29, 1.82) is 0 Å². The average Bonchev–Trinajstić information content (AvgIpc) is 3.77. The number of rotatable bonds is 24. The number of carbonyl (C=O) groups is 1. The largest absolute Gasteiger partial charge is 0.495 e. The van der Waals surface area contributed by atoms with Crippen molar-refractivity contribution in [2.24, 2.45) is 11.7 Å². The van der Waals surface area contributed by atoms with Gasteiger partial charge in [-0.1, -0.05) is 12.1 Å². The van der Waals surface area contributed by atoms with Gasteiger partial charge in [0, 0.05) is 30.3 Å². The van der Waals surface area contributed by atoms with E-state index in [0.29, 0.717) is 109 Å². The molecule has 0 atom stereocenters. The Morgan fingerprint density at radius 2 is 1.49 bits per heavy atom. The molecule has 51 heavy (non-hydrogen) atoms. The number of fused-ring (bicyclic) bond motifs is 2. The summed E-state index contributed by atoms with van der Waals surface area (Å²) in [6, 6.07) is 7.92. The molecule has 1 aliphatic rings. The molecule has 6 N–H and O–H groups in total. The van der Waals surface area contributed by atoms with Crippen LogP contribution in [-0.4, -0.2) is 130 Å². The molecule has 5 rings (SSSR count). The maximum Gasteiger partial charge on any atom is 0.223 e. The van der Waals surface area contributed by atoms with E-state index in [-0.39, 0.29) is 17.7 Å². The zero-order valence-corrected chi connectivity index (χ0v) is 29.5. The average molecular weight is 713 g/mol. The van der Waals surface area contributed by atoms with Crippen molar-refractivity contribution >= 4 is 28.1 Å². The standard InChI is InChI=1S/C35H52N8O8/c1-45-29-4-2-3-27-23-28(41-30(27)29)31-32-33(37)39-24-40-43(32)34(42-31)25-5-7-26(8-6-25)35(44)38-10-12-47-14-16-49-18-20-51-22-21-50-19-17-48-15-13-46-11-9-36/h2-4,23-26,41H,5-22,36H2,1H3,(H,38,44)(H2,37,39,40). The number of nitrogens with zero attached hydrogens (tertiary/aromatic N) is 4. The summed E-state index contributed by atoms with van der Waals surface area (Å²) in [4.78, 5) is 25.7. The van der Waals surface area contributed by atoms with Crippen LogP contribution in [0.25, 0.3) is 27.8 Å². The molecular formula is C35H52N8O8.